The number of carbonyl (C=O) groups excluding carboxylic acids is 1. The van der Waals surface area contributed by atoms with Crippen molar-refractivity contribution in [2.45, 2.75) is 39.7 Å². The second kappa shape index (κ2) is 13.7. The van der Waals surface area contributed by atoms with Crippen molar-refractivity contribution >= 4 is 23.7 Å². The third-order valence-electron chi connectivity index (χ3n) is 5.43. The summed E-state index contributed by atoms with van der Waals surface area (Å²) >= 11 is 0. The van der Waals surface area contributed by atoms with Crippen molar-refractivity contribution in [2.24, 2.45) is 12.0 Å². The molecule has 0 spiro atoms. The lowest BCUT2D eigenvalue weighted by molar-refractivity contribution is -0.116. The largest absolute Gasteiger partial charge is 0.480 e. The molecule has 0 fully saturated rings. The molecule has 1 aromatic carbocycles. The Kier molecular flexibility index (Phi) is 10.7. The Labute approximate surface area is 214 Å². The van der Waals surface area contributed by atoms with Crippen molar-refractivity contribution < 1.29 is 9.53 Å². The summed E-state index contributed by atoms with van der Waals surface area (Å²) in [6.45, 7) is 14.2. The van der Waals surface area contributed by atoms with Crippen LogP contribution in [0.5, 0.6) is 0 Å². The molecule has 0 bridgehead atoms. The molecule has 2 aromatic rings. The Morgan fingerprint density at radius 3 is 2.67 bits per heavy atom. The summed E-state index contributed by atoms with van der Waals surface area (Å²) in [7, 11) is 5.22. The Bertz CT molecular complexity index is 1160. The van der Waals surface area contributed by atoms with Crippen LogP contribution in [0.2, 0.25) is 0 Å². The molecule has 0 aliphatic rings. The van der Waals surface area contributed by atoms with E-state index in [1.54, 1.807) is 31.3 Å². The van der Waals surface area contributed by atoms with Crippen molar-refractivity contribution in [3.63, 3.8) is 0 Å². The summed E-state index contributed by atoms with van der Waals surface area (Å²) < 4.78 is 7.49. The molecule has 0 atom stereocenters. The Morgan fingerprint density at radius 2 is 2.11 bits per heavy atom. The van der Waals surface area contributed by atoms with E-state index in [4.69, 9.17) is 4.74 Å². The Morgan fingerprint density at radius 1 is 1.36 bits per heavy atom. The number of rotatable bonds is 13. The minimum atomic E-state index is 0.289. The van der Waals surface area contributed by atoms with Crippen LogP contribution >= 0.6 is 0 Å². The van der Waals surface area contributed by atoms with E-state index < -0.39 is 0 Å². The summed E-state index contributed by atoms with van der Waals surface area (Å²) in [5.41, 5.74) is 4.93. The number of aliphatic imine (C=N–C) groups is 1. The summed E-state index contributed by atoms with van der Waals surface area (Å²) in [5, 5.41) is 6.59. The number of allylic oxidation sites excluding steroid dienone is 2. The number of nitrogens with one attached hydrogen (secondary N) is 2. The van der Waals surface area contributed by atoms with Crippen molar-refractivity contribution in [1.82, 2.24) is 19.8 Å². The zero-order valence-corrected chi connectivity index (χ0v) is 22.2. The number of carbonyl (C=O) groups is 1. The van der Waals surface area contributed by atoms with Gasteiger partial charge in [-0.2, -0.15) is 0 Å². The van der Waals surface area contributed by atoms with Crippen LogP contribution in [-0.2, 0) is 23.1 Å². The first kappa shape index (κ1) is 28.2. The van der Waals surface area contributed by atoms with Crippen LogP contribution in [0.4, 0.5) is 5.69 Å². The van der Waals surface area contributed by atoms with E-state index in [0.29, 0.717) is 35.4 Å². The molecule has 1 amide bonds. The summed E-state index contributed by atoms with van der Waals surface area (Å²) in [4.78, 5) is 22.6. The first-order valence-electron chi connectivity index (χ1n) is 11.9. The van der Waals surface area contributed by atoms with Gasteiger partial charge in [-0.3, -0.25) is 9.79 Å². The number of hydrogen-bond donors (Lipinski definition) is 2. The molecule has 36 heavy (non-hydrogen) atoms. The lowest BCUT2D eigenvalue weighted by Crippen LogP contribution is -2.25. The SMILES string of the molecule is C=CC(=C)Nc1cccc(CN(C=O)/C=C(/N/C(=C/CC)C(=NC)OC)c2ncc(C(C)C)n2C)c1. The minimum absolute atomic E-state index is 0.289. The molecule has 0 unspecified atom stereocenters. The molecule has 2 N–H and O–H groups in total. The average Bonchev–Trinajstić information content (AvgIpc) is 3.25. The summed E-state index contributed by atoms with van der Waals surface area (Å²) in [6, 6.07) is 7.80. The van der Waals surface area contributed by atoms with E-state index in [-0.39, 0.29) is 5.92 Å². The average molecular weight is 491 g/mol. The number of hydrogen-bond acceptors (Lipinski definition) is 6. The maximum Gasteiger partial charge on any atom is 0.232 e. The fourth-order valence-corrected chi connectivity index (χ4v) is 3.69. The number of aromatic nitrogens is 2. The number of nitrogens with zero attached hydrogens (tertiary/aromatic N) is 4. The normalized spacial score (nSPS) is 12.4. The molecular weight excluding hydrogens is 452 g/mol. The maximum absolute atomic E-state index is 12.2. The van der Waals surface area contributed by atoms with Gasteiger partial charge >= 0.3 is 0 Å². The molecule has 192 valence electrons. The van der Waals surface area contributed by atoms with E-state index in [0.717, 1.165) is 29.8 Å². The van der Waals surface area contributed by atoms with E-state index in [9.17, 15) is 4.79 Å². The van der Waals surface area contributed by atoms with Crippen molar-refractivity contribution in [3.05, 3.63) is 90.4 Å². The highest BCUT2D eigenvalue weighted by Crippen LogP contribution is 2.21. The summed E-state index contributed by atoms with van der Waals surface area (Å²) in [6.07, 6.45) is 8.82. The standard InChI is InChI=1S/C28H38N6O2/c1-9-12-24(28(29-6)36-8)32-25(27-30-16-26(20(3)4)33(27)7)18-34(19-35)17-22-13-11-14-23(15-22)31-21(5)10-2/h10-16,18-20,31-32H,2,5,9,17H2,1,3-4,6-8H3/b24-12+,25-18+,29-28?. The molecule has 1 aromatic heterocycles. The number of anilines is 1. The van der Waals surface area contributed by atoms with Gasteiger partial charge in [0, 0.05) is 43.6 Å². The third kappa shape index (κ3) is 7.46. The maximum atomic E-state index is 12.2. The smallest absolute Gasteiger partial charge is 0.232 e. The van der Waals surface area contributed by atoms with E-state index >= 15 is 0 Å². The highest BCUT2D eigenvalue weighted by atomic mass is 16.5. The first-order chi connectivity index (χ1) is 17.3. The second-order valence-corrected chi connectivity index (χ2v) is 8.48. The lowest BCUT2D eigenvalue weighted by atomic mass is 10.1. The molecule has 8 nitrogen and oxygen atoms in total. The predicted molar refractivity (Wildman–Crippen MR) is 148 cm³/mol. The molecule has 2 rings (SSSR count). The van der Waals surface area contributed by atoms with Crippen LogP contribution in [0.15, 0.2) is 78.4 Å². The molecule has 1 heterocycles. The zero-order chi connectivity index (χ0) is 26.7. The van der Waals surface area contributed by atoms with E-state index in [1.807, 2.05) is 55.1 Å². The Hall–Kier alpha value is -4.07. The van der Waals surface area contributed by atoms with Crippen molar-refractivity contribution in [1.29, 1.82) is 0 Å². The third-order valence-corrected chi connectivity index (χ3v) is 5.43. The molecule has 0 aliphatic heterocycles. The number of methoxy groups -OCH3 is 1. The van der Waals surface area contributed by atoms with Gasteiger partial charge in [-0.1, -0.05) is 52.1 Å². The molecule has 0 saturated carbocycles. The quantitative estimate of drug-likeness (QED) is 0.175. The van der Waals surface area contributed by atoms with Gasteiger partial charge < -0.3 is 24.8 Å². The van der Waals surface area contributed by atoms with Gasteiger partial charge in [0.05, 0.1) is 25.0 Å². The molecule has 0 radical (unpaired) electrons. The monoisotopic (exact) mass is 490 g/mol. The Balaban J connectivity index is 2.50. The van der Waals surface area contributed by atoms with Crippen molar-refractivity contribution in [3.8, 4) is 0 Å². The second-order valence-electron chi connectivity index (χ2n) is 8.48. The van der Waals surface area contributed by atoms with E-state index in [2.05, 4.69) is 47.6 Å². The topological polar surface area (TPSA) is 83.8 Å². The van der Waals surface area contributed by atoms with Gasteiger partial charge in [0.1, 0.15) is 0 Å². The molecule has 8 heteroatoms. The predicted octanol–water partition coefficient (Wildman–Crippen LogP) is 5.17. The van der Waals surface area contributed by atoms with Crippen LogP contribution in [0.3, 0.4) is 0 Å². The number of ether oxygens (including phenoxy) is 1. The first-order valence-corrected chi connectivity index (χ1v) is 11.9. The summed E-state index contributed by atoms with van der Waals surface area (Å²) in [5.74, 6) is 1.44. The fraction of sp³-hybridized carbons (Fsp3) is 0.321. The highest BCUT2D eigenvalue weighted by Gasteiger charge is 2.18. The van der Waals surface area contributed by atoms with Gasteiger partial charge in [-0.15, -0.1) is 0 Å². The van der Waals surface area contributed by atoms with Crippen LogP contribution in [0.25, 0.3) is 5.70 Å². The number of imidazole rings is 1. The molecule has 0 saturated heterocycles. The molecule has 0 aliphatic carbocycles. The van der Waals surface area contributed by atoms with Gasteiger partial charge in [0.15, 0.2) is 5.82 Å². The minimum Gasteiger partial charge on any atom is -0.480 e. The van der Waals surface area contributed by atoms with Crippen molar-refractivity contribution in [2.75, 3.05) is 19.5 Å². The lowest BCUT2D eigenvalue weighted by Gasteiger charge is -2.20. The number of benzene rings is 1. The molecular formula is C28H38N6O2. The fourth-order valence-electron chi connectivity index (χ4n) is 3.69. The van der Waals surface area contributed by atoms with E-state index in [1.165, 1.54) is 0 Å². The van der Waals surface area contributed by atoms with Crippen LogP contribution in [0.1, 0.15) is 50.2 Å². The van der Waals surface area contributed by atoms with Gasteiger partial charge in [0.25, 0.3) is 0 Å². The van der Waals surface area contributed by atoms with Crippen LogP contribution in [-0.4, -0.2) is 40.9 Å². The zero-order valence-electron chi connectivity index (χ0n) is 22.2. The van der Waals surface area contributed by atoms with Crippen LogP contribution < -0.4 is 10.6 Å². The van der Waals surface area contributed by atoms with Gasteiger partial charge in [-0.05, 0) is 36.1 Å². The van der Waals surface area contributed by atoms with Gasteiger partial charge in [-0.25, -0.2) is 4.98 Å². The highest BCUT2D eigenvalue weighted by molar-refractivity contribution is 5.94. The van der Waals surface area contributed by atoms with Gasteiger partial charge in [0.2, 0.25) is 12.3 Å². The number of amides is 1. The van der Waals surface area contributed by atoms with Crippen LogP contribution in [0, 0.1) is 0 Å².